The second kappa shape index (κ2) is 8.44. The van der Waals surface area contributed by atoms with E-state index in [1.165, 1.54) is 0 Å². The maximum atomic E-state index is 12.5. The molecule has 3 heteroatoms. The van der Waals surface area contributed by atoms with Crippen LogP contribution in [0.3, 0.4) is 0 Å². The number of benzene rings is 2. The SMILES string of the molecule is O=C1OC(=O)C2CCC(C#Cc3ccccc3)C3C(C#Cc4ccccc4)CCC1C23. The Kier molecular flexibility index (Phi) is 5.35. The van der Waals surface area contributed by atoms with Gasteiger partial charge in [0.15, 0.2) is 0 Å². The number of esters is 2. The van der Waals surface area contributed by atoms with Crippen LogP contribution in [-0.2, 0) is 14.3 Å². The molecule has 5 rings (SSSR count). The van der Waals surface area contributed by atoms with Crippen molar-refractivity contribution in [1.29, 1.82) is 0 Å². The molecule has 3 aliphatic rings. The minimum absolute atomic E-state index is 0.0126. The molecule has 4 atom stereocenters. The van der Waals surface area contributed by atoms with Gasteiger partial charge in [-0.1, -0.05) is 60.1 Å². The van der Waals surface area contributed by atoms with Gasteiger partial charge >= 0.3 is 11.9 Å². The Morgan fingerprint density at radius 2 is 1.06 bits per heavy atom. The summed E-state index contributed by atoms with van der Waals surface area (Å²) in [4.78, 5) is 25.1. The van der Waals surface area contributed by atoms with Crippen LogP contribution in [0.5, 0.6) is 0 Å². The normalized spacial score (nSPS) is 31.2. The lowest BCUT2D eigenvalue weighted by Gasteiger charge is -2.50. The minimum atomic E-state index is -0.345. The summed E-state index contributed by atoms with van der Waals surface area (Å²) in [5.74, 6) is 12.9. The highest BCUT2D eigenvalue weighted by atomic mass is 16.6. The molecule has 0 bridgehead atoms. The molecule has 1 aliphatic heterocycles. The zero-order valence-electron chi connectivity index (χ0n) is 17.3. The average molecular weight is 408 g/mol. The van der Waals surface area contributed by atoms with Gasteiger partial charge in [-0.3, -0.25) is 9.59 Å². The molecule has 0 radical (unpaired) electrons. The number of carbonyl (C=O) groups is 2. The van der Waals surface area contributed by atoms with Gasteiger partial charge in [0.2, 0.25) is 0 Å². The van der Waals surface area contributed by atoms with E-state index in [2.05, 4.69) is 23.7 Å². The summed E-state index contributed by atoms with van der Waals surface area (Å²) in [6, 6.07) is 20.0. The van der Waals surface area contributed by atoms with Crippen LogP contribution in [0.2, 0.25) is 0 Å². The molecule has 2 saturated carbocycles. The second-order valence-corrected chi connectivity index (χ2v) is 8.75. The molecule has 31 heavy (non-hydrogen) atoms. The topological polar surface area (TPSA) is 43.4 Å². The van der Waals surface area contributed by atoms with Gasteiger partial charge < -0.3 is 4.74 Å². The molecule has 2 aromatic rings. The quantitative estimate of drug-likeness (QED) is 0.367. The summed E-state index contributed by atoms with van der Waals surface area (Å²) in [6.45, 7) is 0. The molecule has 1 saturated heterocycles. The average Bonchev–Trinajstić information content (AvgIpc) is 2.81. The standard InChI is InChI=1S/C28H24O3/c29-27-23-17-15-21(13-11-19-7-3-1-4-8-19)25-22(14-12-20-9-5-2-6-10-20)16-18-24(26(23)25)28(30)31-27/h1-10,21-26H,15-18H2. The van der Waals surface area contributed by atoms with Crippen LogP contribution in [0, 0.1) is 59.2 Å². The van der Waals surface area contributed by atoms with Gasteiger partial charge in [0.1, 0.15) is 0 Å². The van der Waals surface area contributed by atoms with Crippen LogP contribution < -0.4 is 0 Å². The zero-order chi connectivity index (χ0) is 21.2. The smallest absolute Gasteiger partial charge is 0.316 e. The van der Waals surface area contributed by atoms with E-state index in [4.69, 9.17) is 4.74 Å². The van der Waals surface area contributed by atoms with Gasteiger partial charge in [0, 0.05) is 23.0 Å². The van der Waals surface area contributed by atoms with Crippen molar-refractivity contribution in [3.05, 3.63) is 71.8 Å². The van der Waals surface area contributed by atoms with Crippen molar-refractivity contribution in [1.82, 2.24) is 0 Å². The fourth-order valence-corrected chi connectivity index (χ4v) is 5.65. The Morgan fingerprint density at radius 3 is 1.52 bits per heavy atom. The summed E-state index contributed by atoms with van der Waals surface area (Å²) in [7, 11) is 0. The number of ether oxygens (including phenoxy) is 1. The monoisotopic (exact) mass is 408 g/mol. The van der Waals surface area contributed by atoms with E-state index in [9.17, 15) is 9.59 Å². The lowest BCUT2D eigenvalue weighted by molar-refractivity contribution is -0.185. The number of rotatable bonds is 0. The molecule has 2 aromatic carbocycles. The molecular weight excluding hydrogens is 384 g/mol. The van der Waals surface area contributed by atoms with Gasteiger partial charge in [-0.25, -0.2) is 0 Å². The third-order valence-electron chi connectivity index (χ3n) is 7.04. The Hall–Kier alpha value is -3.30. The molecule has 2 aliphatic carbocycles. The van der Waals surface area contributed by atoms with Crippen molar-refractivity contribution in [2.24, 2.45) is 35.5 Å². The highest BCUT2D eigenvalue weighted by Crippen LogP contribution is 2.54. The molecule has 0 aromatic heterocycles. The fourth-order valence-electron chi connectivity index (χ4n) is 5.65. The summed E-state index contributed by atoms with van der Waals surface area (Å²) < 4.78 is 5.12. The first-order valence-electron chi connectivity index (χ1n) is 11.1. The van der Waals surface area contributed by atoms with Gasteiger partial charge in [-0.05, 0) is 61.8 Å². The third-order valence-corrected chi connectivity index (χ3v) is 7.04. The maximum Gasteiger partial charge on any atom is 0.316 e. The van der Waals surface area contributed by atoms with Crippen LogP contribution >= 0.6 is 0 Å². The molecule has 0 N–H and O–H groups in total. The summed E-state index contributed by atoms with van der Waals surface area (Å²) in [5.41, 5.74) is 1.98. The lowest BCUT2D eigenvalue weighted by atomic mass is 9.53. The molecule has 1 heterocycles. The Labute approximate surface area is 183 Å². The van der Waals surface area contributed by atoms with Gasteiger partial charge in [-0.2, -0.15) is 0 Å². The first-order chi connectivity index (χ1) is 15.2. The van der Waals surface area contributed by atoms with E-state index in [1.807, 2.05) is 60.7 Å². The summed E-state index contributed by atoms with van der Waals surface area (Å²) in [5, 5.41) is 0. The van der Waals surface area contributed by atoms with Crippen molar-refractivity contribution in [2.45, 2.75) is 25.7 Å². The predicted octanol–water partition coefficient (Wildman–Crippen LogP) is 4.46. The van der Waals surface area contributed by atoms with E-state index < -0.39 is 0 Å². The first kappa shape index (κ1) is 19.7. The van der Waals surface area contributed by atoms with E-state index in [-0.39, 0.29) is 47.4 Å². The fraction of sp³-hybridized carbons (Fsp3) is 0.357. The van der Waals surface area contributed by atoms with Crippen LogP contribution in [-0.4, -0.2) is 11.9 Å². The summed E-state index contributed by atoms with van der Waals surface area (Å²) >= 11 is 0. The van der Waals surface area contributed by atoms with Gasteiger partial charge in [0.05, 0.1) is 11.8 Å². The molecule has 4 unspecified atom stereocenters. The number of cyclic esters (lactones) is 2. The maximum absolute atomic E-state index is 12.5. The molecule has 3 nitrogen and oxygen atoms in total. The van der Waals surface area contributed by atoms with Crippen molar-refractivity contribution < 1.29 is 14.3 Å². The second-order valence-electron chi connectivity index (χ2n) is 8.75. The molecule has 154 valence electrons. The summed E-state index contributed by atoms with van der Waals surface area (Å²) in [6.07, 6.45) is 3.14. The van der Waals surface area contributed by atoms with Crippen molar-refractivity contribution in [2.75, 3.05) is 0 Å². The van der Waals surface area contributed by atoms with Gasteiger partial charge in [0.25, 0.3) is 0 Å². The molecular formula is C28H24O3. The largest absolute Gasteiger partial charge is 0.393 e. The Morgan fingerprint density at radius 1 is 0.613 bits per heavy atom. The zero-order valence-corrected chi connectivity index (χ0v) is 17.3. The Bertz CT molecular complexity index is 1010. The minimum Gasteiger partial charge on any atom is -0.393 e. The van der Waals surface area contributed by atoms with E-state index in [0.29, 0.717) is 0 Å². The van der Waals surface area contributed by atoms with Crippen molar-refractivity contribution in [3.8, 4) is 23.7 Å². The van der Waals surface area contributed by atoms with E-state index >= 15 is 0 Å². The predicted molar refractivity (Wildman–Crippen MR) is 117 cm³/mol. The third kappa shape index (κ3) is 3.89. The molecule has 0 spiro atoms. The van der Waals surface area contributed by atoms with Crippen LogP contribution in [0.1, 0.15) is 36.8 Å². The first-order valence-corrected chi connectivity index (χ1v) is 11.1. The lowest BCUT2D eigenvalue weighted by Crippen LogP contribution is -2.54. The Balaban J connectivity index is 1.51. The highest BCUT2D eigenvalue weighted by Gasteiger charge is 2.56. The number of carbonyl (C=O) groups excluding carboxylic acids is 2. The molecule has 3 fully saturated rings. The van der Waals surface area contributed by atoms with Gasteiger partial charge in [-0.15, -0.1) is 0 Å². The number of hydrogen-bond donors (Lipinski definition) is 0. The van der Waals surface area contributed by atoms with E-state index in [0.717, 1.165) is 36.8 Å². The molecule has 0 amide bonds. The van der Waals surface area contributed by atoms with E-state index in [1.54, 1.807) is 0 Å². The van der Waals surface area contributed by atoms with Crippen LogP contribution in [0.4, 0.5) is 0 Å². The van der Waals surface area contributed by atoms with Crippen LogP contribution in [0.25, 0.3) is 0 Å². The van der Waals surface area contributed by atoms with Crippen LogP contribution in [0.15, 0.2) is 60.7 Å². The number of hydrogen-bond acceptors (Lipinski definition) is 3. The highest BCUT2D eigenvalue weighted by molar-refractivity contribution is 5.91. The van der Waals surface area contributed by atoms with Crippen molar-refractivity contribution >= 4 is 11.9 Å². The van der Waals surface area contributed by atoms with Crippen molar-refractivity contribution in [3.63, 3.8) is 0 Å².